The zero-order valence-electron chi connectivity index (χ0n) is 13.2. The second kappa shape index (κ2) is 8.03. The van der Waals surface area contributed by atoms with Crippen LogP contribution >= 0.6 is 0 Å². The Morgan fingerprint density at radius 3 is 1.37 bits per heavy atom. The first-order chi connectivity index (χ1) is 12.5. The average molecular weight is 421 g/mol. The van der Waals surface area contributed by atoms with Gasteiger partial charge in [0.1, 0.15) is 23.3 Å². The van der Waals surface area contributed by atoms with Gasteiger partial charge in [0.15, 0.2) is 0 Å². The van der Waals surface area contributed by atoms with Gasteiger partial charge >= 0.3 is 0 Å². The molecule has 0 heterocycles. The highest BCUT2D eigenvalue weighted by Crippen LogP contribution is 2.13. The van der Waals surface area contributed by atoms with Crippen molar-refractivity contribution in [3.63, 3.8) is 0 Å². The molecule has 1 N–H and O–H groups in total. The van der Waals surface area contributed by atoms with Gasteiger partial charge in [-0.05, 0) is 36.4 Å². The van der Waals surface area contributed by atoms with Crippen molar-refractivity contribution >= 4 is 32.2 Å². The highest BCUT2D eigenvalue weighted by molar-refractivity contribution is 8.07. The minimum absolute atomic E-state index is 0.289. The molecular formula is C16H11F4NO4S2. The molecular weight excluding hydrogens is 410 g/mol. The van der Waals surface area contributed by atoms with Crippen molar-refractivity contribution in [3.8, 4) is 0 Å². The summed E-state index contributed by atoms with van der Waals surface area (Å²) in [6, 6.07) is 4.75. The summed E-state index contributed by atoms with van der Waals surface area (Å²) < 4.78 is 101. The van der Waals surface area contributed by atoms with Gasteiger partial charge < -0.3 is 0 Å². The molecule has 2 aromatic rings. The summed E-state index contributed by atoms with van der Waals surface area (Å²) in [4.78, 5) is 0. The molecule has 0 aliphatic carbocycles. The number of hydrogen-bond acceptors (Lipinski definition) is 4. The Balaban J connectivity index is 2.17. The summed E-state index contributed by atoms with van der Waals surface area (Å²) >= 11 is 0. The molecule has 0 fully saturated rings. The summed E-state index contributed by atoms with van der Waals surface area (Å²) in [5.74, 6) is -3.83. The van der Waals surface area contributed by atoms with E-state index in [0.717, 1.165) is 36.4 Å². The van der Waals surface area contributed by atoms with Crippen LogP contribution in [0, 0.1) is 23.3 Å². The quantitative estimate of drug-likeness (QED) is 0.727. The van der Waals surface area contributed by atoms with E-state index in [9.17, 15) is 34.4 Å². The smallest absolute Gasteiger partial charge is 0.207 e. The fourth-order valence-electron chi connectivity index (χ4n) is 1.82. The zero-order valence-corrected chi connectivity index (χ0v) is 14.9. The third kappa shape index (κ3) is 6.31. The van der Waals surface area contributed by atoms with E-state index < -0.39 is 43.3 Å². The van der Waals surface area contributed by atoms with Crippen molar-refractivity contribution in [3.05, 3.63) is 81.6 Å². The highest BCUT2D eigenvalue weighted by atomic mass is 32.3. The second-order valence-corrected chi connectivity index (χ2v) is 8.50. The molecule has 11 heteroatoms. The Labute approximate surface area is 152 Å². The Morgan fingerprint density at radius 2 is 1.04 bits per heavy atom. The van der Waals surface area contributed by atoms with Gasteiger partial charge in [0.2, 0.25) is 20.0 Å². The largest absolute Gasteiger partial charge is 0.246 e. The normalized spacial score (nSPS) is 12.9. The van der Waals surface area contributed by atoms with Crippen LogP contribution in [0.4, 0.5) is 17.6 Å². The summed E-state index contributed by atoms with van der Waals surface area (Å²) in [6.07, 6.45) is 1.46. The Kier molecular flexibility index (Phi) is 6.19. The first kappa shape index (κ1) is 20.8. The maximum absolute atomic E-state index is 13.4. The SMILES string of the molecule is O=S(=O)(C=Cc1ccc(F)cc1F)NS(=O)(=O)C=Cc1ccc(F)cc1F. The van der Waals surface area contributed by atoms with Crippen molar-refractivity contribution in [1.29, 1.82) is 0 Å². The average Bonchev–Trinajstić information content (AvgIpc) is 2.52. The number of halogens is 4. The van der Waals surface area contributed by atoms with Crippen LogP contribution in [0.1, 0.15) is 11.1 Å². The Bertz CT molecular complexity index is 1040. The van der Waals surface area contributed by atoms with Crippen molar-refractivity contribution in [2.75, 3.05) is 0 Å². The molecule has 0 bridgehead atoms. The monoisotopic (exact) mass is 421 g/mol. The van der Waals surface area contributed by atoms with Crippen LogP contribution in [0.2, 0.25) is 0 Å². The van der Waals surface area contributed by atoms with Crippen LogP contribution in [-0.2, 0) is 20.0 Å². The van der Waals surface area contributed by atoms with E-state index >= 15 is 0 Å². The maximum Gasteiger partial charge on any atom is 0.246 e. The first-order valence-electron chi connectivity index (χ1n) is 7.02. The van der Waals surface area contributed by atoms with Crippen molar-refractivity contribution in [2.45, 2.75) is 0 Å². The highest BCUT2D eigenvalue weighted by Gasteiger charge is 2.16. The molecule has 2 aromatic carbocycles. The number of nitrogens with one attached hydrogen (secondary N) is 1. The van der Waals surface area contributed by atoms with E-state index in [1.165, 1.54) is 4.13 Å². The lowest BCUT2D eigenvalue weighted by Crippen LogP contribution is -2.27. The molecule has 0 aromatic heterocycles. The predicted molar refractivity (Wildman–Crippen MR) is 91.8 cm³/mol. The molecule has 27 heavy (non-hydrogen) atoms. The molecule has 0 unspecified atom stereocenters. The molecule has 2 rings (SSSR count). The van der Waals surface area contributed by atoms with E-state index in [0.29, 0.717) is 22.9 Å². The summed E-state index contributed by atoms with van der Waals surface area (Å²) in [6.45, 7) is 0. The van der Waals surface area contributed by atoms with Gasteiger partial charge in [-0.3, -0.25) is 0 Å². The van der Waals surface area contributed by atoms with Gasteiger partial charge in [0.05, 0.1) is 0 Å². The minimum Gasteiger partial charge on any atom is -0.207 e. The van der Waals surface area contributed by atoms with Gasteiger partial charge in [0, 0.05) is 34.1 Å². The lowest BCUT2D eigenvalue weighted by Gasteiger charge is -2.02. The van der Waals surface area contributed by atoms with Gasteiger partial charge in [-0.1, -0.05) is 0 Å². The second-order valence-electron chi connectivity index (χ2n) is 5.11. The molecule has 0 spiro atoms. The van der Waals surface area contributed by atoms with Crippen LogP contribution in [0.15, 0.2) is 47.2 Å². The summed E-state index contributed by atoms with van der Waals surface area (Å²) in [5.41, 5.74) is -0.578. The van der Waals surface area contributed by atoms with Crippen LogP contribution in [0.5, 0.6) is 0 Å². The molecule has 0 aliphatic heterocycles. The van der Waals surface area contributed by atoms with Crippen LogP contribution in [-0.4, -0.2) is 16.8 Å². The van der Waals surface area contributed by atoms with E-state index in [4.69, 9.17) is 0 Å². The molecule has 0 saturated carbocycles. The molecule has 0 amide bonds. The first-order valence-corrected chi connectivity index (χ1v) is 10.1. The Hall–Kier alpha value is -2.50. The summed E-state index contributed by atoms with van der Waals surface area (Å²) in [5, 5.41) is 0.736. The van der Waals surface area contributed by atoms with Crippen molar-refractivity contribution in [2.24, 2.45) is 0 Å². The van der Waals surface area contributed by atoms with Gasteiger partial charge in [-0.15, -0.1) is 4.13 Å². The number of benzene rings is 2. The maximum atomic E-state index is 13.4. The molecule has 0 aliphatic rings. The predicted octanol–water partition coefficient (Wildman–Crippen LogP) is 3.13. The van der Waals surface area contributed by atoms with Crippen LogP contribution in [0.3, 0.4) is 0 Å². The van der Waals surface area contributed by atoms with E-state index in [-0.39, 0.29) is 11.1 Å². The van der Waals surface area contributed by atoms with Crippen molar-refractivity contribution in [1.82, 2.24) is 4.13 Å². The lowest BCUT2D eigenvalue weighted by molar-refractivity contribution is 0.581. The number of hydrogen-bond donors (Lipinski definition) is 1. The molecule has 5 nitrogen and oxygen atoms in total. The molecule has 144 valence electrons. The van der Waals surface area contributed by atoms with Crippen molar-refractivity contribution < 1.29 is 34.4 Å². The molecule has 0 radical (unpaired) electrons. The van der Waals surface area contributed by atoms with Gasteiger partial charge in [-0.25, -0.2) is 34.4 Å². The molecule has 0 atom stereocenters. The van der Waals surface area contributed by atoms with E-state index in [2.05, 4.69) is 0 Å². The third-order valence-corrected chi connectivity index (χ3v) is 5.86. The summed E-state index contributed by atoms with van der Waals surface area (Å²) in [7, 11) is -9.14. The molecule has 0 saturated heterocycles. The lowest BCUT2D eigenvalue weighted by atomic mass is 10.2. The van der Waals surface area contributed by atoms with Gasteiger partial charge in [-0.2, -0.15) is 0 Å². The number of sulfonamides is 2. The van der Waals surface area contributed by atoms with E-state index in [1.807, 2.05) is 0 Å². The van der Waals surface area contributed by atoms with Gasteiger partial charge in [0.25, 0.3) is 0 Å². The number of rotatable bonds is 6. The van der Waals surface area contributed by atoms with Crippen LogP contribution in [0.25, 0.3) is 12.2 Å². The Morgan fingerprint density at radius 1 is 0.667 bits per heavy atom. The topological polar surface area (TPSA) is 80.3 Å². The van der Waals surface area contributed by atoms with E-state index in [1.54, 1.807) is 0 Å². The third-order valence-electron chi connectivity index (χ3n) is 3.01. The standard InChI is InChI=1S/C16H11F4NO4S2/c17-13-3-1-11(15(19)9-13)5-7-26(22,23)21-27(24,25)8-6-12-2-4-14(18)10-16(12)20/h1-10,21H. The fourth-order valence-corrected chi connectivity index (χ4v) is 4.21. The fraction of sp³-hybridized carbons (Fsp3) is 0. The van der Waals surface area contributed by atoms with Crippen LogP contribution < -0.4 is 4.13 Å². The minimum atomic E-state index is -4.57. The zero-order chi connectivity index (χ0) is 20.2.